The molecule has 1 atom stereocenters. The van der Waals surface area contributed by atoms with Crippen LogP contribution in [0.15, 0.2) is 48.5 Å². The molecule has 1 heterocycles. The maximum absolute atomic E-state index is 6.37. The minimum absolute atomic E-state index is 0. The van der Waals surface area contributed by atoms with Gasteiger partial charge in [-0.15, -0.1) is 24.8 Å². The summed E-state index contributed by atoms with van der Waals surface area (Å²) in [4.78, 5) is 2.50. The molecule has 6 heteroatoms. The summed E-state index contributed by atoms with van der Waals surface area (Å²) in [6.45, 7) is 3.20. The lowest BCUT2D eigenvalue weighted by atomic mass is 9.90. The Balaban J connectivity index is 0.00000182. The molecule has 0 bridgehead atoms. The maximum Gasteiger partial charge on any atom is 0.0453 e. The fraction of sp³-hybridized carbons (Fsp3) is 0.429. The fourth-order valence-corrected chi connectivity index (χ4v) is 4.17. The van der Waals surface area contributed by atoms with Gasteiger partial charge in [-0.1, -0.05) is 59.6 Å². The molecule has 1 aliphatic rings. The number of nitrogens with two attached hydrogens (primary N) is 1. The first-order valence-electron chi connectivity index (χ1n) is 9.06. The van der Waals surface area contributed by atoms with Gasteiger partial charge in [-0.3, -0.25) is 0 Å². The van der Waals surface area contributed by atoms with E-state index in [4.69, 9.17) is 28.9 Å². The number of rotatable bonds is 6. The normalized spacial score (nSPS) is 16.3. The molecule has 2 aromatic rings. The molecule has 2 N–H and O–H groups in total. The molecule has 150 valence electrons. The van der Waals surface area contributed by atoms with Gasteiger partial charge >= 0.3 is 0 Å². The molecule has 1 aliphatic heterocycles. The second-order valence-corrected chi connectivity index (χ2v) is 7.98. The number of halogens is 4. The van der Waals surface area contributed by atoms with Crippen molar-refractivity contribution in [2.45, 2.75) is 31.7 Å². The molecule has 1 unspecified atom stereocenters. The van der Waals surface area contributed by atoms with E-state index >= 15 is 0 Å². The van der Waals surface area contributed by atoms with Crippen LogP contribution in [-0.2, 0) is 12.8 Å². The first-order chi connectivity index (χ1) is 12.1. The van der Waals surface area contributed by atoms with Crippen LogP contribution in [0.4, 0.5) is 0 Å². The molecule has 2 aromatic carbocycles. The molecule has 27 heavy (non-hydrogen) atoms. The highest BCUT2D eigenvalue weighted by atomic mass is 35.5. The van der Waals surface area contributed by atoms with Gasteiger partial charge in [0.05, 0.1) is 0 Å². The Morgan fingerprint density at radius 2 is 1.67 bits per heavy atom. The first-order valence-corrected chi connectivity index (χ1v) is 9.81. The molecule has 0 aromatic heterocycles. The highest BCUT2D eigenvalue weighted by Crippen LogP contribution is 2.24. The minimum atomic E-state index is 0. The van der Waals surface area contributed by atoms with E-state index in [2.05, 4.69) is 35.2 Å². The van der Waals surface area contributed by atoms with Crippen LogP contribution in [0.3, 0.4) is 0 Å². The largest absolute Gasteiger partial charge is 0.326 e. The Morgan fingerprint density at radius 1 is 1.00 bits per heavy atom. The number of hydrogen-bond acceptors (Lipinski definition) is 2. The Morgan fingerprint density at radius 3 is 2.30 bits per heavy atom. The Hall–Kier alpha value is -0.480. The van der Waals surface area contributed by atoms with Gasteiger partial charge in [-0.05, 0) is 68.0 Å². The Labute approximate surface area is 185 Å². The third kappa shape index (κ3) is 7.81. The van der Waals surface area contributed by atoms with Crippen molar-refractivity contribution in [1.29, 1.82) is 0 Å². The van der Waals surface area contributed by atoms with Crippen molar-refractivity contribution in [1.82, 2.24) is 4.90 Å². The lowest BCUT2D eigenvalue weighted by Crippen LogP contribution is -2.43. The van der Waals surface area contributed by atoms with Gasteiger partial charge in [0, 0.05) is 22.6 Å². The van der Waals surface area contributed by atoms with Crippen molar-refractivity contribution >= 4 is 48.0 Å². The number of benzene rings is 2. The summed E-state index contributed by atoms with van der Waals surface area (Å²) in [5.41, 5.74) is 8.90. The average molecular weight is 450 g/mol. The van der Waals surface area contributed by atoms with Crippen LogP contribution in [0.2, 0.25) is 10.0 Å². The van der Waals surface area contributed by atoms with Crippen LogP contribution < -0.4 is 5.73 Å². The second kappa shape index (κ2) is 12.2. The van der Waals surface area contributed by atoms with Crippen LogP contribution in [0, 0.1) is 5.92 Å². The predicted octanol–water partition coefficient (Wildman–Crippen LogP) is 5.66. The Kier molecular flexibility index (Phi) is 11.1. The highest BCUT2D eigenvalue weighted by Gasteiger charge is 2.21. The zero-order chi connectivity index (χ0) is 17.6. The van der Waals surface area contributed by atoms with Crippen molar-refractivity contribution in [3.8, 4) is 0 Å². The van der Waals surface area contributed by atoms with Crippen LogP contribution in [0.5, 0.6) is 0 Å². The predicted molar refractivity (Wildman–Crippen MR) is 122 cm³/mol. The minimum Gasteiger partial charge on any atom is -0.326 e. The second-order valence-electron chi connectivity index (χ2n) is 7.13. The van der Waals surface area contributed by atoms with Crippen LogP contribution in [-0.4, -0.2) is 30.6 Å². The standard InChI is InChI=1S/C21H26Cl2N2.2ClH/c22-19-7-6-18(21(23)14-19)13-20(24)15-25-10-8-17(9-11-25)12-16-4-2-1-3-5-16;;/h1-7,14,17,20H,8-13,15,24H2;2*1H. The molecule has 1 saturated heterocycles. The Bertz CT molecular complexity index is 673. The topological polar surface area (TPSA) is 29.3 Å². The first kappa shape index (κ1) is 24.6. The molecule has 0 aliphatic carbocycles. The van der Waals surface area contributed by atoms with Crippen molar-refractivity contribution in [2.75, 3.05) is 19.6 Å². The molecular weight excluding hydrogens is 422 g/mol. The van der Waals surface area contributed by atoms with E-state index in [1.54, 1.807) is 6.07 Å². The van der Waals surface area contributed by atoms with Gasteiger partial charge in [0.15, 0.2) is 0 Å². The van der Waals surface area contributed by atoms with Crippen molar-refractivity contribution in [3.05, 3.63) is 69.7 Å². The van der Waals surface area contributed by atoms with Crippen molar-refractivity contribution < 1.29 is 0 Å². The van der Waals surface area contributed by atoms with Crippen LogP contribution in [0.1, 0.15) is 24.0 Å². The van der Waals surface area contributed by atoms with E-state index in [1.165, 1.54) is 24.8 Å². The third-order valence-electron chi connectivity index (χ3n) is 5.06. The van der Waals surface area contributed by atoms with E-state index in [-0.39, 0.29) is 30.9 Å². The van der Waals surface area contributed by atoms with Crippen LogP contribution in [0.25, 0.3) is 0 Å². The van der Waals surface area contributed by atoms with Gasteiger partial charge in [0.1, 0.15) is 0 Å². The number of likely N-dealkylation sites (tertiary alicyclic amines) is 1. The number of piperidine rings is 1. The van der Waals surface area contributed by atoms with E-state index in [1.807, 2.05) is 12.1 Å². The third-order valence-corrected chi connectivity index (χ3v) is 5.65. The zero-order valence-electron chi connectivity index (χ0n) is 15.3. The molecule has 0 saturated carbocycles. The molecular formula is C21H28Cl4N2. The van der Waals surface area contributed by atoms with Gasteiger partial charge in [0.2, 0.25) is 0 Å². The summed E-state index contributed by atoms with van der Waals surface area (Å²) in [6.07, 6.45) is 4.49. The molecule has 0 amide bonds. The summed E-state index contributed by atoms with van der Waals surface area (Å²) >= 11 is 12.2. The quantitative estimate of drug-likeness (QED) is 0.616. The van der Waals surface area contributed by atoms with E-state index in [9.17, 15) is 0 Å². The lowest BCUT2D eigenvalue weighted by Gasteiger charge is -2.33. The smallest absolute Gasteiger partial charge is 0.0453 e. The van der Waals surface area contributed by atoms with Gasteiger partial charge in [-0.25, -0.2) is 0 Å². The van der Waals surface area contributed by atoms with Gasteiger partial charge < -0.3 is 10.6 Å². The van der Waals surface area contributed by atoms with Gasteiger partial charge in [-0.2, -0.15) is 0 Å². The molecule has 3 rings (SSSR count). The SMILES string of the molecule is Cl.Cl.NC(Cc1ccc(Cl)cc1Cl)CN1CCC(Cc2ccccc2)CC1. The molecule has 0 radical (unpaired) electrons. The number of nitrogens with zero attached hydrogens (tertiary/aromatic N) is 1. The summed E-state index contributed by atoms with van der Waals surface area (Å²) in [7, 11) is 0. The number of hydrogen-bond donors (Lipinski definition) is 1. The summed E-state index contributed by atoms with van der Waals surface area (Å²) in [5.74, 6) is 0.792. The van der Waals surface area contributed by atoms with E-state index < -0.39 is 0 Å². The molecule has 1 fully saturated rings. The zero-order valence-corrected chi connectivity index (χ0v) is 18.5. The summed E-state index contributed by atoms with van der Waals surface area (Å²) < 4.78 is 0. The summed E-state index contributed by atoms with van der Waals surface area (Å²) in [6, 6.07) is 16.6. The maximum atomic E-state index is 6.37. The van der Waals surface area contributed by atoms with Crippen LogP contribution >= 0.6 is 48.0 Å². The summed E-state index contributed by atoms with van der Waals surface area (Å²) in [5, 5.41) is 1.38. The van der Waals surface area contributed by atoms with Crippen molar-refractivity contribution in [3.63, 3.8) is 0 Å². The van der Waals surface area contributed by atoms with Gasteiger partial charge in [0.25, 0.3) is 0 Å². The fourth-order valence-electron chi connectivity index (χ4n) is 3.69. The van der Waals surface area contributed by atoms with E-state index in [0.717, 1.165) is 37.5 Å². The lowest BCUT2D eigenvalue weighted by molar-refractivity contribution is 0.175. The molecule has 2 nitrogen and oxygen atoms in total. The van der Waals surface area contributed by atoms with Crippen molar-refractivity contribution in [2.24, 2.45) is 11.7 Å². The monoisotopic (exact) mass is 448 g/mol. The highest BCUT2D eigenvalue weighted by molar-refractivity contribution is 6.35. The molecule has 0 spiro atoms. The average Bonchev–Trinajstić information content (AvgIpc) is 2.60. The van der Waals surface area contributed by atoms with E-state index in [0.29, 0.717) is 10.0 Å².